The Labute approximate surface area is 98.6 Å². The molecule has 16 heavy (non-hydrogen) atoms. The minimum absolute atomic E-state index is 0.162. The molecule has 0 spiro atoms. The van der Waals surface area contributed by atoms with E-state index in [0.29, 0.717) is 12.2 Å². The number of aliphatic hydroxyl groups is 1. The van der Waals surface area contributed by atoms with Crippen molar-refractivity contribution in [2.45, 2.75) is 18.9 Å². The van der Waals surface area contributed by atoms with Gasteiger partial charge in [0.05, 0.1) is 17.4 Å². The van der Waals surface area contributed by atoms with Gasteiger partial charge >= 0.3 is 5.97 Å². The molecule has 0 bridgehead atoms. The highest BCUT2D eigenvalue weighted by Gasteiger charge is 2.48. The van der Waals surface area contributed by atoms with Crippen LogP contribution in [0.15, 0.2) is 0 Å². The summed E-state index contributed by atoms with van der Waals surface area (Å²) in [4.78, 5) is 22.0. The molecule has 6 heteroatoms. The summed E-state index contributed by atoms with van der Waals surface area (Å²) in [5, 5.41) is 21.0. The second-order valence-corrected chi connectivity index (χ2v) is 5.30. The van der Waals surface area contributed by atoms with E-state index in [-0.39, 0.29) is 12.5 Å². The van der Waals surface area contributed by atoms with Crippen LogP contribution >= 0.6 is 11.8 Å². The maximum atomic E-state index is 11.5. The number of thioether (sulfide) groups is 1. The normalized spacial score (nSPS) is 26.9. The molecule has 5 nitrogen and oxygen atoms in total. The van der Waals surface area contributed by atoms with Crippen LogP contribution in [0.5, 0.6) is 0 Å². The van der Waals surface area contributed by atoms with E-state index in [0.717, 1.165) is 0 Å². The van der Waals surface area contributed by atoms with Crippen LogP contribution in [-0.2, 0) is 9.59 Å². The number of carbonyl (C=O) groups is 2. The maximum Gasteiger partial charge on any atom is 0.307 e. The molecule has 1 saturated carbocycles. The largest absolute Gasteiger partial charge is 0.481 e. The fraction of sp³-hybridized carbons (Fsp3) is 0.800. The lowest BCUT2D eigenvalue weighted by Gasteiger charge is -2.22. The quantitative estimate of drug-likeness (QED) is 0.612. The van der Waals surface area contributed by atoms with Crippen molar-refractivity contribution < 1.29 is 19.8 Å². The minimum Gasteiger partial charge on any atom is -0.481 e. The monoisotopic (exact) mass is 247 g/mol. The summed E-state index contributed by atoms with van der Waals surface area (Å²) in [6.07, 6.45) is 2.28. The van der Waals surface area contributed by atoms with Crippen LogP contribution < -0.4 is 5.32 Å². The molecule has 0 saturated heterocycles. The van der Waals surface area contributed by atoms with Crippen molar-refractivity contribution in [3.05, 3.63) is 0 Å². The number of amides is 1. The third-order valence-corrected chi connectivity index (χ3v) is 3.45. The van der Waals surface area contributed by atoms with Gasteiger partial charge in [0.1, 0.15) is 0 Å². The lowest BCUT2D eigenvalue weighted by Crippen LogP contribution is -2.43. The standard InChI is InChI=1S/C10H17NO4S/c1-10(15,5-16-2)4-11-8(12)6-3-7(6)9(13)14/h6-7,15H,3-5H2,1-2H3,(H,11,12)(H,13,14)/t6-,7+,10?/m1/s1. The van der Waals surface area contributed by atoms with E-state index in [1.807, 2.05) is 6.26 Å². The highest BCUT2D eigenvalue weighted by atomic mass is 32.2. The number of carboxylic acid groups (broad SMARTS) is 1. The molecular formula is C10H17NO4S. The SMILES string of the molecule is CSCC(C)(O)CNC(=O)[C@@H]1C[C@@H]1C(=O)O. The Balaban J connectivity index is 2.29. The summed E-state index contributed by atoms with van der Waals surface area (Å²) in [7, 11) is 0. The number of rotatable bonds is 6. The van der Waals surface area contributed by atoms with Crippen molar-refractivity contribution in [1.29, 1.82) is 0 Å². The second kappa shape index (κ2) is 5.05. The van der Waals surface area contributed by atoms with Gasteiger partial charge < -0.3 is 15.5 Å². The lowest BCUT2D eigenvalue weighted by molar-refractivity contribution is -0.140. The Bertz CT molecular complexity index is 293. The summed E-state index contributed by atoms with van der Waals surface area (Å²) in [6.45, 7) is 1.81. The Morgan fingerprint density at radius 1 is 1.50 bits per heavy atom. The molecule has 1 aliphatic carbocycles. The number of hydrogen-bond acceptors (Lipinski definition) is 4. The number of nitrogens with one attached hydrogen (secondary N) is 1. The van der Waals surface area contributed by atoms with Crippen molar-refractivity contribution in [2.24, 2.45) is 11.8 Å². The number of carboxylic acids is 1. The Morgan fingerprint density at radius 2 is 2.12 bits per heavy atom. The topological polar surface area (TPSA) is 86.6 Å². The first-order valence-electron chi connectivity index (χ1n) is 5.09. The molecule has 1 aliphatic rings. The molecule has 0 aromatic heterocycles. The van der Waals surface area contributed by atoms with Crippen LogP contribution in [0.3, 0.4) is 0 Å². The summed E-state index contributed by atoms with van der Waals surface area (Å²) in [5.74, 6) is -1.61. The van der Waals surface area contributed by atoms with Gasteiger partial charge in [-0.1, -0.05) is 0 Å². The van der Waals surface area contributed by atoms with E-state index in [4.69, 9.17) is 5.11 Å². The molecule has 1 rings (SSSR count). The molecule has 3 atom stereocenters. The van der Waals surface area contributed by atoms with E-state index in [1.54, 1.807) is 6.92 Å². The predicted molar refractivity (Wildman–Crippen MR) is 61.2 cm³/mol. The average molecular weight is 247 g/mol. The van der Waals surface area contributed by atoms with E-state index >= 15 is 0 Å². The predicted octanol–water partition coefficient (Wildman–Crippen LogP) is -0.0627. The van der Waals surface area contributed by atoms with Gasteiger partial charge in [0, 0.05) is 12.3 Å². The van der Waals surface area contributed by atoms with Crippen molar-refractivity contribution in [3.8, 4) is 0 Å². The Hall–Kier alpha value is -0.750. The lowest BCUT2D eigenvalue weighted by atomic mass is 10.1. The highest BCUT2D eigenvalue weighted by Crippen LogP contribution is 2.38. The molecule has 0 aliphatic heterocycles. The molecule has 3 N–H and O–H groups in total. The van der Waals surface area contributed by atoms with Crippen molar-refractivity contribution >= 4 is 23.6 Å². The van der Waals surface area contributed by atoms with Crippen molar-refractivity contribution in [1.82, 2.24) is 5.32 Å². The summed E-state index contributed by atoms with van der Waals surface area (Å²) in [5.41, 5.74) is -0.942. The first-order chi connectivity index (χ1) is 7.37. The van der Waals surface area contributed by atoms with Gasteiger partial charge in [0.2, 0.25) is 5.91 Å². The molecule has 0 aromatic carbocycles. The van der Waals surface area contributed by atoms with Gasteiger partial charge in [-0.15, -0.1) is 0 Å². The third kappa shape index (κ3) is 3.68. The van der Waals surface area contributed by atoms with Gasteiger partial charge in [-0.25, -0.2) is 0 Å². The van der Waals surface area contributed by atoms with Crippen molar-refractivity contribution in [3.63, 3.8) is 0 Å². The smallest absolute Gasteiger partial charge is 0.307 e. The Kier molecular flexibility index (Phi) is 4.21. The number of aliphatic carboxylic acids is 1. The van der Waals surface area contributed by atoms with E-state index in [1.165, 1.54) is 11.8 Å². The molecule has 0 aromatic rings. The molecule has 1 unspecified atom stereocenters. The minimum atomic E-state index is -0.942. The molecule has 1 fully saturated rings. The van der Waals surface area contributed by atoms with Gasteiger partial charge in [-0.2, -0.15) is 11.8 Å². The molecule has 92 valence electrons. The van der Waals surface area contributed by atoms with E-state index in [2.05, 4.69) is 5.32 Å². The number of hydrogen-bond donors (Lipinski definition) is 3. The van der Waals surface area contributed by atoms with Gasteiger partial charge in [-0.3, -0.25) is 9.59 Å². The zero-order valence-corrected chi connectivity index (χ0v) is 10.2. The first-order valence-corrected chi connectivity index (χ1v) is 6.48. The van der Waals surface area contributed by atoms with Gasteiger partial charge in [-0.05, 0) is 19.6 Å². The first kappa shape index (κ1) is 13.3. The third-order valence-electron chi connectivity index (χ3n) is 2.54. The molecule has 1 amide bonds. The van der Waals surface area contributed by atoms with Crippen LogP contribution in [0.4, 0.5) is 0 Å². The molecule has 0 heterocycles. The maximum absolute atomic E-state index is 11.5. The van der Waals surface area contributed by atoms with Crippen LogP contribution in [0.1, 0.15) is 13.3 Å². The summed E-state index contributed by atoms with van der Waals surface area (Å²) in [6, 6.07) is 0. The van der Waals surface area contributed by atoms with Crippen LogP contribution in [0.25, 0.3) is 0 Å². The van der Waals surface area contributed by atoms with Crippen LogP contribution in [-0.4, -0.2) is 46.2 Å². The van der Waals surface area contributed by atoms with Gasteiger partial charge in [0.15, 0.2) is 0 Å². The highest BCUT2D eigenvalue weighted by molar-refractivity contribution is 7.98. The van der Waals surface area contributed by atoms with Gasteiger partial charge in [0.25, 0.3) is 0 Å². The average Bonchev–Trinajstić information content (AvgIpc) is 2.93. The van der Waals surface area contributed by atoms with Crippen LogP contribution in [0.2, 0.25) is 0 Å². The van der Waals surface area contributed by atoms with Crippen molar-refractivity contribution in [2.75, 3.05) is 18.6 Å². The van der Waals surface area contributed by atoms with E-state index < -0.39 is 23.4 Å². The Morgan fingerprint density at radius 3 is 2.56 bits per heavy atom. The molecule has 0 radical (unpaired) electrons. The zero-order chi connectivity index (χ0) is 12.3. The molecular weight excluding hydrogens is 230 g/mol. The summed E-state index contributed by atoms with van der Waals surface area (Å²) >= 11 is 1.49. The zero-order valence-electron chi connectivity index (χ0n) is 9.40. The second-order valence-electron chi connectivity index (χ2n) is 4.43. The van der Waals surface area contributed by atoms with E-state index in [9.17, 15) is 14.7 Å². The number of carbonyl (C=O) groups excluding carboxylic acids is 1. The fourth-order valence-electron chi connectivity index (χ4n) is 1.53. The fourth-order valence-corrected chi connectivity index (χ4v) is 2.25. The summed E-state index contributed by atoms with van der Waals surface area (Å²) < 4.78 is 0. The van der Waals surface area contributed by atoms with Crippen LogP contribution in [0, 0.1) is 11.8 Å².